The molecule has 1 N–H and O–H groups in total. The number of aromatic nitrogens is 1. The lowest BCUT2D eigenvalue weighted by atomic mass is 10.2. The molecule has 3 rings (SSSR count). The molecule has 0 aliphatic carbocycles. The number of aliphatic hydroxyl groups is 1. The maximum absolute atomic E-state index is 9.44. The molecule has 1 aromatic heterocycles. The van der Waals surface area contributed by atoms with Crippen molar-refractivity contribution in [2.45, 2.75) is 13.5 Å². The first-order valence-electron chi connectivity index (χ1n) is 8.04. The van der Waals surface area contributed by atoms with Gasteiger partial charge in [0.15, 0.2) is 4.80 Å². The number of halogens is 1. The van der Waals surface area contributed by atoms with E-state index in [4.69, 9.17) is 21.3 Å². The number of nitrogens with zero attached hydrogens (tertiary/aromatic N) is 2. The van der Waals surface area contributed by atoms with Gasteiger partial charge >= 0.3 is 0 Å². The molecule has 0 aliphatic rings. The van der Waals surface area contributed by atoms with Gasteiger partial charge in [0.1, 0.15) is 5.75 Å². The molecule has 0 spiro atoms. The minimum atomic E-state index is 0.0494. The number of hydrogen-bond donors (Lipinski definition) is 1. The monoisotopic (exact) mass is 374 g/mol. The molecule has 0 saturated heterocycles. The molecule has 0 bridgehead atoms. The van der Waals surface area contributed by atoms with E-state index in [1.807, 2.05) is 65.4 Å². The van der Waals surface area contributed by atoms with Crippen molar-refractivity contribution in [3.8, 4) is 17.0 Å². The summed E-state index contributed by atoms with van der Waals surface area (Å²) >= 11 is 7.52. The second-order valence-electron chi connectivity index (χ2n) is 5.32. The summed E-state index contributed by atoms with van der Waals surface area (Å²) in [5.74, 6) is 0.831. The summed E-state index contributed by atoms with van der Waals surface area (Å²) in [5, 5.41) is 12.2. The Morgan fingerprint density at radius 1 is 1.12 bits per heavy atom. The first kappa shape index (κ1) is 17.7. The lowest BCUT2D eigenvalue weighted by molar-refractivity contribution is 0.275. The second-order valence-corrected chi connectivity index (χ2v) is 6.60. The molecule has 6 heteroatoms. The summed E-state index contributed by atoms with van der Waals surface area (Å²) in [4.78, 5) is 5.55. The molecular formula is C19H19ClN2O2S. The first-order chi connectivity index (χ1) is 12.2. The SMILES string of the molecule is CCOc1ccc(N=c2scc(-c3ccc(Cl)cc3)n2CCO)cc1. The van der Waals surface area contributed by atoms with Gasteiger partial charge in [-0.1, -0.05) is 23.7 Å². The number of hydrogen-bond acceptors (Lipinski definition) is 4. The minimum absolute atomic E-state index is 0.0494. The average Bonchev–Trinajstić information content (AvgIpc) is 3.01. The third-order valence-corrected chi connectivity index (χ3v) is 4.75. The molecule has 0 amide bonds. The van der Waals surface area contributed by atoms with Crippen molar-refractivity contribution in [3.05, 3.63) is 63.7 Å². The van der Waals surface area contributed by atoms with Crippen LogP contribution in [0.25, 0.3) is 11.3 Å². The quantitative estimate of drug-likeness (QED) is 0.690. The van der Waals surface area contributed by atoms with Crippen molar-refractivity contribution in [1.82, 2.24) is 4.57 Å². The van der Waals surface area contributed by atoms with Crippen LogP contribution in [0.3, 0.4) is 0 Å². The van der Waals surface area contributed by atoms with Gasteiger partial charge in [0, 0.05) is 16.9 Å². The highest BCUT2D eigenvalue weighted by Gasteiger charge is 2.08. The molecular weight excluding hydrogens is 356 g/mol. The molecule has 0 atom stereocenters. The highest BCUT2D eigenvalue weighted by Crippen LogP contribution is 2.23. The van der Waals surface area contributed by atoms with E-state index in [-0.39, 0.29) is 6.61 Å². The van der Waals surface area contributed by atoms with Crippen LogP contribution in [0.4, 0.5) is 5.69 Å². The van der Waals surface area contributed by atoms with E-state index < -0.39 is 0 Å². The fourth-order valence-electron chi connectivity index (χ4n) is 2.48. The Morgan fingerprint density at radius 2 is 1.84 bits per heavy atom. The molecule has 0 saturated carbocycles. The Morgan fingerprint density at radius 3 is 2.48 bits per heavy atom. The van der Waals surface area contributed by atoms with Gasteiger partial charge in [-0.05, 0) is 48.9 Å². The smallest absolute Gasteiger partial charge is 0.190 e. The van der Waals surface area contributed by atoms with Crippen LogP contribution in [-0.2, 0) is 6.54 Å². The number of thiazole rings is 1. The Labute approximate surface area is 155 Å². The van der Waals surface area contributed by atoms with Gasteiger partial charge in [0.25, 0.3) is 0 Å². The Hall–Kier alpha value is -2.08. The molecule has 130 valence electrons. The van der Waals surface area contributed by atoms with Crippen molar-refractivity contribution in [2.75, 3.05) is 13.2 Å². The number of benzene rings is 2. The molecule has 1 heterocycles. The molecule has 4 nitrogen and oxygen atoms in total. The van der Waals surface area contributed by atoms with Crippen LogP contribution in [0.15, 0.2) is 58.9 Å². The molecule has 0 fully saturated rings. The van der Waals surface area contributed by atoms with Gasteiger partial charge in [-0.3, -0.25) is 0 Å². The lowest BCUT2D eigenvalue weighted by Gasteiger charge is -2.07. The van der Waals surface area contributed by atoms with Crippen LogP contribution in [0.2, 0.25) is 5.02 Å². The van der Waals surface area contributed by atoms with Crippen LogP contribution in [0, 0.1) is 0 Å². The highest BCUT2D eigenvalue weighted by atomic mass is 35.5. The number of ether oxygens (including phenoxy) is 1. The zero-order chi connectivity index (χ0) is 17.6. The van der Waals surface area contributed by atoms with E-state index in [1.54, 1.807) is 11.3 Å². The normalized spacial score (nSPS) is 11.7. The molecule has 25 heavy (non-hydrogen) atoms. The van der Waals surface area contributed by atoms with Crippen LogP contribution >= 0.6 is 22.9 Å². The van der Waals surface area contributed by atoms with E-state index in [1.165, 1.54) is 0 Å². The van der Waals surface area contributed by atoms with Crippen molar-refractivity contribution < 1.29 is 9.84 Å². The summed E-state index contributed by atoms with van der Waals surface area (Å²) in [7, 11) is 0. The van der Waals surface area contributed by atoms with Gasteiger partial charge < -0.3 is 14.4 Å². The summed E-state index contributed by atoms with van der Waals surface area (Å²) in [6, 6.07) is 15.3. The van der Waals surface area contributed by atoms with Crippen LogP contribution in [-0.4, -0.2) is 22.9 Å². The minimum Gasteiger partial charge on any atom is -0.494 e. The standard InChI is InChI=1S/C19H19ClN2O2S/c1-2-24-17-9-7-16(8-10-17)21-19-22(11-12-23)18(13-25-19)14-3-5-15(20)6-4-14/h3-10,13,23H,2,11-12H2,1H3. The maximum Gasteiger partial charge on any atom is 0.190 e. The zero-order valence-electron chi connectivity index (χ0n) is 13.9. The Kier molecular flexibility index (Phi) is 5.91. The van der Waals surface area contributed by atoms with Crippen molar-refractivity contribution in [3.63, 3.8) is 0 Å². The topological polar surface area (TPSA) is 46.8 Å². The lowest BCUT2D eigenvalue weighted by Crippen LogP contribution is -2.17. The summed E-state index contributed by atoms with van der Waals surface area (Å²) in [5.41, 5.74) is 2.90. The van der Waals surface area contributed by atoms with Crippen LogP contribution < -0.4 is 9.54 Å². The maximum atomic E-state index is 9.44. The highest BCUT2D eigenvalue weighted by molar-refractivity contribution is 7.07. The van der Waals surface area contributed by atoms with Gasteiger partial charge in [-0.15, -0.1) is 11.3 Å². The summed E-state index contributed by atoms with van der Waals surface area (Å²) in [6.07, 6.45) is 0. The van der Waals surface area contributed by atoms with E-state index in [2.05, 4.69) is 0 Å². The van der Waals surface area contributed by atoms with E-state index in [0.717, 1.165) is 27.5 Å². The van der Waals surface area contributed by atoms with Crippen molar-refractivity contribution in [2.24, 2.45) is 4.99 Å². The fourth-order valence-corrected chi connectivity index (χ4v) is 3.56. The second kappa shape index (κ2) is 8.34. The largest absolute Gasteiger partial charge is 0.494 e. The van der Waals surface area contributed by atoms with Gasteiger partial charge in [-0.2, -0.15) is 0 Å². The van der Waals surface area contributed by atoms with Gasteiger partial charge in [-0.25, -0.2) is 4.99 Å². The molecule has 0 unspecified atom stereocenters. The third kappa shape index (κ3) is 4.31. The van der Waals surface area contributed by atoms with E-state index >= 15 is 0 Å². The van der Waals surface area contributed by atoms with Crippen LogP contribution in [0.5, 0.6) is 5.75 Å². The van der Waals surface area contributed by atoms with Gasteiger partial charge in [0.2, 0.25) is 0 Å². The van der Waals surface area contributed by atoms with E-state index in [0.29, 0.717) is 18.2 Å². The summed E-state index contributed by atoms with van der Waals surface area (Å²) < 4.78 is 7.48. The summed E-state index contributed by atoms with van der Waals surface area (Å²) in [6.45, 7) is 3.13. The number of rotatable bonds is 6. The van der Waals surface area contributed by atoms with Gasteiger partial charge in [0.05, 0.1) is 24.6 Å². The molecule has 0 radical (unpaired) electrons. The Balaban J connectivity index is 1.99. The first-order valence-corrected chi connectivity index (χ1v) is 9.29. The average molecular weight is 375 g/mol. The Bertz CT molecular complexity index is 883. The predicted octanol–water partition coefficient (Wildman–Crippen LogP) is 4.49. The van der Waals surface area contributed by atoms with Crippen LogP contribution in [0.1, 0.15) is 6.92 Å². The van der Waals surface area contributed by atoms with Crippen molar-refractivity contribution in [1.29, 1.82) is 0 Å². The molecule has 0 aliphatic heterocycles. The van der Waals surface area contributed by atoms with E-state index in [9.17, 15) is 5.11 Å². The molecule has 2 aromatic carbocycles. The number of aliphatic hydroxyl groups excluding tert-OH is 1. The fraction of sp³-hybridized carbons (Fsp3) is 0.211. The predicted molar refractivity (Wildman–Crippen MR) is 103 cm³/mol. The third-order valence-electron chi connectivity index (χ3n) is 3.63. The zero-order valence-corrected chi connectivity index (χ0v) is 15.4. The van der Waals surface area contributed by atoms with Crippen molar-refractivity contribution >= 4 is 28.6 Å². The molecule has 3 aromatic rings.